The van der Waals surface area contributed by atoms with E-state index < -0.39 is 0 Å². The van der Waals surface area contributed by atoms with Crippen LogP contribution in [0.5, 0.6) is 0 Å². The standard InChI is InChI=1S/C15H25N5O2S/c1-11(2)9-20-14(19-5-7-22-8-6-19)17-18-15(20)23-10-13(21)16-12-3-4-12/h11-12H,3-10H2,1-2H3,(H,16,21). The Hall–Kier alpha value is -1.28. The van der Waals surface area contributed by atoms with Crippen LogP contribution in [0.2, 0.25) is 0 Å². The summed E-state index contributed by atoms with van der Waals surface area (Å²) in [5.41, 5.74) is 0. The van der Waals surface area contributed by atoms with E-state index in [1.165, 1.54) is 11.8 Å². The highest BCUT2D eigenvalue weighted by molar-refractivity contribution is 7.99. The van der Waals surface area contributed by atoms with E-state index in [0.29, 0.717) is 17.7 Å². The van der Waals surface area contributed by atoms with Crippen LogP contribution in [0.15, 0.2) is 5.16 Å². The summed E-state index contributed by atoms with van der Waals surface area (Å²) in [7, 11) is 0. The van der Waals surface area contributed by atoms with Crippen LogP contribution >= 0.6 is 11.8 Å². The molecule has 0 aromatic carbocycles. The van der Waals surface area contributed by atoms with Crippen LogP contribution in [-0.2, 0) is 16.1 Å². The summed E-state index contributed by atoms with van der Waals surface area (Å²) in [6.07, 6.45) is 2.22. The van der Waals surface area contributed by atoms with Gasteiger partial charge in [0.05, 0.1) is 19.0 Å². The molecule has 23 heavy (non-hydrogen) atoms. The average molecular weight is 339 g/mol. The number of anilines is 1. The molecule has 1 N–H and O–H groups in total. The van der Waals surface area contributed by atoms with Gasteiger partial charge in [0.25, 0.3) is 0 Å². The highest BCUT2D eigenvalue weighted by Crippen LogP contribution is 2.24. The van der Waals surface area contributed by atoms with E-state index in [0.717, 1.165) is 56.8 Å². The Kier molecular flexibility index (Phi) is 5.42. The molecule has 2 fully saturated rings. The van der Waals surface area contributed by atoms with Crippen LogP contribution in [-0.4, -0.2) is 58.8 Å². The molecule has 1 aliphatic heterocycles. The normalized spacial score (nSPS) is 18.5. The molecule has 1 amide bonds. The molecular weight excluding hydrogens is 314 g/mol. The molecule has 1 saturated carbocycles. The molecule has 1 aromatic rings. The lowest BCUT2D eigenvalue weighted by molar-refractivity contribution is -0.118. The summed E-state index contributed by atoms with van der Waals surface area (Å²) < 4.78 is 7.56. The Labute approximate surface area is 141 Å². The summed E-state index contributed by atoms with van der Waals surface area (Å²) in [4.78, 5) is 14.1. The molecule has 1 saturated heterocycles. The molecule has 0 bridgehead atoms. The zero-order chi connectivity index (χ0) is 16.2. The Morgan fingerprint density at radius 2 is 2.09 bits per heavy atom. The van der Waals surface area contributed by atoms with Gasteiger partial charge >= 0.3 is 0 Å². The SMILES string of the molecule is CC(C)Cn1c(SCC(=O)NC2CC2)nnc1N1CCOCC1. The third-order valence-corrected chi connectivity index (χ3v) is 4.78. The average Bonchev–Trinajstić information content (AvgIpc) is 3.25. The van der Waals surface area contributed by atoms with Gasteiger partial charge in [0, 0.05) is 25.7 Å². The summed E-state index contributed by atoms with van der Waals surface area (Å²) >= 11 is 1.47. The smallest absolute Gasteiger partial charge is 0.230 e. The molecule has 0 atom stereocenters. The Morgan fingerprint density at radius 3 is 2.74 bits per heavy atom. The van der Waals surface area contributed by atoms with E-state index in [-0.39, 0.29) is 5.91 Å². The zero-order valence-electron chi connectivity index (χ0n) is 13.8. The number of amides is 1. The Bertz CT molecular complexity index is 538. The lowest BCUT2D eigenvalue weighted by Gasteiger charge is -2.28. The Morgan fingerprint density at radius 1 is 1.35 bits per heavy atom. The molecule has 8 heteroatoms. The maximum absolute atomic E-state index is 11.9. The van der Waals surface area contributed by atoms with E-state index in [1.54, 1.807) is 0 Å². The zero-order valence-corrected chi connectivity index (χ0v) is 14.6. The molecule has 0 unspecified atom stereocenters. The second kappa shape index (κ2) is 7.53. The number of ether oxygens (including phenoxy) is 1. The van der Waals surface area contributed by atoms with Crippen LogP contribution in [0.4, 0.5) is 5.95 Å². The number of rotatable bonds is 7. The van der Waals surface area contributed by atoms with Crippen molar-refractivity contribution in [2.45, 2.75) is 44.4 Å². The first-order valence-electron chi connectivity index (χ1n) is 8.31. The third-order valence-electron chi connectivity index (χ3n) is 3.81. The maximum atomic E-state index is 11.9. The topological polar surface area (TPSA) is 72.3 Å². The molecule has 128 valence electrons. The van der Waals surface area contributed by atoms with Gasteiger partial charge in [0.2, 0.25) is 11.9 Å². The summed E-state index contributed by atoms with van der Waals surface area (Å²) in [6.45, 7) is 8.33. The van der Waals surface area contributed by atoms with Gasteiger partial charge < -0.3 is 15.0 Å². The van der Waals surface area contributed by atoms with Crippen molar-refractivity contribution in [3.8, 4) is 0 Å². The number of thioether (sulfide) groups is 1. The van der Waals surface area contributed by atoms with Crippen LogP contribution in [0.1, 0.15) is 26.7 Å². The summed E-state index contributed by atoms with van der Waals surface area (Å²) in [6, 6.07) is 0.403. The first kappa shape index (κ1) is 16.6. The molecule has 1 aromatic heterocycles. The fraction of sp³-hybridized carbons (Fsp3) is 0.800. The number of hydrogen-bond donors (Lipinski definition) is 1. The van der Waals surface area contributed by atoms with Crippen LogP contribution in [0, 0.1) is 5.92 Å². The number of aromatic nitrogens is 3. The van der Waals surface area contributed by atoms with Crippen molar-refractivity contribution in [1.82, 2.24) is 20.1 Å². The van der Waals surface area contributed by atoms with Gasteiger partial charge in [-0.3, -0.25) is 9.36 Å². The lowest BCUT2D eigenvalue weighted by atomic mass is 10.2. The predicted molar refractivity (Wildman–Crippen MR) is 89.8 cm³/mol. The monoisotopic (exact) mass is 339 g/mol. The minimum Gasteiger partial charge on any atom is -0.378 e. The van der Waals surface area contributed by atoms with E-state index >= 15 is 0 Å². The highest BCUT2D eigenvalue weighted by atomic mass is 32.2. The highest BCUT2D eigenvalue weighted by Gasteiger charge is 2.24. The van der Waals surface area contributed by atoms with E-state index in [9.17, 15) is 4.79 Å². The molecule has 0 spiro atoms. The molecule has 0 radical (unpaired) electrons. The third kappa shape index (κ3) is 4.60. The fourth-order valence-corrected chi connectivity index (χ4v) is 3.29. The number of nitrogens with zero attached hydrogens (tertiary/aromatic N) is 4. The van der Waals surface area contributed by atoms with Gasteiger partial charge in [-0.15, -0.1) is 10.2 Å². The Balaban J connectivity index is 1.67. The van der Waals surface area contributed by atoms with Crippen molar-refractivity contribution < 1.29 is 9.53 Å². The first-order valence-corrected chi connectivity index (χ1v) is 9.30. The van der Waals surface area contributed by atoms with Gasteiger partial charge in [0.1, 0.15) is 0 Å². The number of nitrogens with one attached hydrogen (secondary N) is 1. The minimum atomic E-state index is 0.0875. The van der Waals surface area contributed by atoms with Crippen molar-refractivity contribution >= 4 is 23.6 Å². The van der Waals surface area contributed by atoms with Crippen LogP contribution in [0.3, 0.4) is 0 Å². The van der Waals surface area contributed by atoms with Crippen molar-refractivity contribution in [3.63, 3.8) is 0 Å². The van der Waals surface area contributed by atoms with Crippen molar-refractivity contribution in [1.29, 1.82) is 0 Å². The maximum Gasteiger partial charge on any atom is 0.230 e. The van der Waals surface area contributed by atoms with Gasteiger partial charge in [-0.05, 0) is 18.8 Å². The van der Waals surface area contributed by atoms with E-state index in [4.69, 9.17) is 4.74 Å². The molecule has 2 aliphatic rings. The quantitative estimate of drug-likeness (QED) is 0.751. The second-order valence-corrected chi connectivity index (χ2v) is 7.46. The fourth-order valence-electron chi connectivity index (χ4n) is 2.54. The molecule has 3 rings (SSSR count). The number of carbonyl (C=O) groups is 1. The predicted octanol–water partition coefficient (Wildman–Crippen LogP) is 1.14. The molecule has 1 aliphatic carbocycles. The number of carbonyl (C=O) groups excluding carboxylic acids is 1. The van der Waals surface area contributed by atoms with Crippen molar-refractivity contribution in [2.24, 2.45) is 5.92 Å². The minimum absolute atomic E-state index is 0.0875. The van der Waals surface area contributed by atoms with Crippen LogP contribution in [0.25, 0.3) is 0 Å². The molecular formula is C15H25N5O2S. The van der Waals surface area contributed by atoms with Crippen LogP contribution < -0.4 is 10.2 Å². The second-order valence-electron chi connectivity index (χ2n) is 6.52. The van der Waals surface area contributed by atoms with E-state index in [1.807, 2.05) is 0 Å². The van der Waals surface area contributed by atoms with Gasteiger partial charge in [-0.2, -0.15) is 0 Å². The number of hydrogen-bond acceptors (Lipinski definition) is 6. The van der Waals surface area contributed by atoms with Crippen molar-refractivity contribution in [3.05, 3.63) is 0 Å². The lowest BCUT2D eigenvalue weighted by Crippen LogP contribution is -2.38. The van der Waals surface area contributed by atoms with Gasteiger partial charge in [0.15, 0.2) is 5.16 Å². The molecule has 2 heterocycles. The van der Waals surface area contributed by atoms with Gasteiger partial charge in [-0.1, -0.05) is 25.6 Å². The molecule has 7 nitrogen and oxygen atoms in total. The summed E-state index contributed by atoms with van der Waals surface area (Å²) in [5.74, 6) is 1.87. The van der Waals surface area contributed by atoms with Crippen molar-refractivity contribution in [2.75, 3.05) is 37.0 Å². The largest absolute Gasteiger partial charge is 0.378 e. The summed E-state index contributed by atoms with van der Waals surface area (Å²) in [5, 5.41) is 12.5. The number of morpholine rings is 1. The first-order chi connectivity index (χ1) is 11.1. The van der Waals surface area contributed by atoms with E-state index in [2.05, 4.69) is 38.8 Å². The van der Waals surface area contributed by atoms with Gasteiger partial charge in [-0.25, -0.2) is 0 Å².